The molecule has 0 spiro atoms. The Morgan fingerprint density at radius 3 is 1.83 bits per heavy atom. The van der Waals surface area contributed by atoms with Crippen molar-refractivity contribution >= 4 is 17.9 Å². The maximum atomic E-state index is 10.7. The van der Waals surface area contributed by atoms with Gasteiger partial charge in [0, 0.05) is 26.2 Å². The molecule has 0 saturated heterocycles. The third kappa shape index (κ3) is 19.9. The molecule has 1 atom stereocenters. The van der Waals surface area contributed by atoms with Crippen LogP contribution in [0.4, 0.5) is 0 Å². The number of carboxylic acids is 2. The summed E-state index contributed by atoms with van der Waals surface area (Å²) in [5.41, 5.74) is 0. The molecule has 0 rings (SSSR count). The average Bonchev–Trinajstić information content (AvgIpc) is 1.94. The van der Waals surface area contributed by atoms with Gasteiger partial charge in [-0.15, -0.1) is 0 Å². The van der Waals surface area contributed by atoms with Crippen molar-refractivity contribution < 1.29 is 33.8 Å². The maximum absolute atomic E-state index is 10.7. The van der Waals surface area contributed by atoms with E-state index in [1.165, 1.54) is 6.92 Å². The highest BCUT2D eigenvalue weighted by molar-refractivity contribution is 5.68. The molecule has 0 bridgehead atoms. The Morgan fingerprint density at radius 1 is 1.22 bits per heavy atom. The SMILES string of the molecule is CC(=O)O.CC(=O)OC(CC(=O)[O-])C[N+](C)(C)C. The van der Waals surface area contributed by atoms with Gasteiger partial charge >= 0.3 is 5.97 Å². The molecule has 0 aliphatic heterocycles. The van der Waals surface area contributed by atoms with E-state index in [1.807, 2.05) is 21.1 Å². The van der Waals surface area contributed by atoms with Crippen molar-refractivity contribution in [2.45, 2.75) is 26.4 Å². The standard InChI is InChI=1S/C9H17NO4.C2H4O2/c1-7(11)14-8(5-9(12)13)6-10(2,3)4;1-2(3)4/h8H,5-6H2,1-4H3;1H3,(H,3,4). The topological polar surface area (TPSA) is 104 Å². The van der Waals surface area contributed by atoms with Gasteiger partial charge in [0.25, 0.3) is 5.97 Å². The largest absolute Gasteiger partial charge is 0.550 e. The minimum Gasteiger partial charge on any atom is -0.550 e. The van der Waals surface area contributed by atoms with Crippen LogP contribution in [0.1, 0.15) is 20.3 Å². The average molecular weight is 263 g/mol. The van der Waals surface area contributed by atoms with Crippen LogP contribution in [-0.2, 0) is 19.1 Å². The number of carbonyl (C=O) groups is 3. The molecule has 0 aromatic rings. The lowest BCUT2D eigenvalue weighted by atomic mass is 10.2. The van der Waals surface area contributed by atoms with E-state index in [0.29, 0.717) is 11.0 Å². The van der Waals surface area contributed by atoms with Crippen LogP contribution in [0.2, 0.25) is 0 Å². The molecule has 1 unspecified atom stereocenters. The highest BCUT2D eigenvalue weighted by atomic mass is 16.5. The smallest absolute Gasteiger partial charge is 0.303 e. The highest BCUT2D eigenvalue weighted by Crippen LogP contribution is 2.04. The number of carboxylic acid groups (broad SMARTS) is 2. The van der Waals surface area contributed by atoms with Crippen molar-refractivity contribution in [1.82, 2.24) is 0 Å². The number of hydrogen-bond acceptors (Lipinski definition) is 5. The van der Waals surface area contributed by atoms with E-state index in [4.69, 9.17) is 14.6 Å². The van der Waals surface area contributed by atoms with E-state index in [0.717, 1.165) is 6.92 Å². The fraction of sp³-hybridized carbons (Fsp3) is 0.727. The number of aliphatic carboxylic acids is 2. The first kappa shape index (κ1) is 18.7. The van der Waals surface area contributed by atoms with Gasteiger partial charge in [0.2, 0.25) is 0 Å². The summed E-state index contributed by atoms with van der Waals surface area (Å²) in [6.07, 6.45) is -0.868. The molecular weight excluding hydrogens is 242 g/mol. The van der Waals surface area contributed by atoms with E-state index in [-0.39, 0.29) is 6.42 Å². The van der Waals surface area contributed by atoms with Crippen molar-refractivity contribution in [3.63, 3.8) is 0 Å². The van der Waals surface area contributed by atoms with Gasteiger partial charge in [0.15, 0.2) is 6.10 Å². The van der Waals surface area contributed by atoms with Gasteiger partial charge in [-0.2, -0.15) is 0 Å². The summed E-state index contributed by atoms with van der Waals surface area (Å²) in [5.74, 6) is -2.51. The van der Waals surface area contributed by atoms with Gasteiger partial charge in [-0.25, -0.2) is 0 Å². The van der Waals surface area contributed by atoms with Crippen LogP contribution in [-0.4, -0.2) is 61.3 Å². The molecule has 0 aromatic heterocycles. The Bertz CT molecular complexity index is 274. The summed E-state index contributed by atoms with van der Waals surface area (Å²) in [5, 5.41) is 17.8. The second kappa shape index (κ2) is 8.46. The van der Waals surface area contributed by atoms with Crippen LogP contribution in [0.15, 0.2) is 0 Å². The van der Waals surface area contributed by atoms with Crippen LogP contribution in [0.25, 0.3) is 0 Å². The van der Waals surface area contributed by atoms with Crippen molar-refractivity contribution in [1.29, 1.82) is 0 Å². The van der Waals surface area contributed by atoms with Crippen LogP contribution >= 0.6 is 0 Å². The first-order valence-electron chi connectivity index (χ1n) is 5.31. The predicted octanol–water partition coefficient (Wildman–Crippen LogP) is -1.14. The zero-order valence-corrected chi connectivity index (χ0v) is 11.4. The van der Waals surface area contributed by atoms with E-state index >= 15 is 0 Å². The molecule has 0 saturated carbocycles. The van der Waals surface area contributed by atoms with Gasteiger partial charge in [-0.05, 0) is 0 Å². The Hall–Kier alpha value is -1.63. The molecule has 0 aliphatic carbocycles. The number of carbonyl (C=O) groups excluding carboxylic acids is 2. The first-order valence-corrected chi connectivity index (χ1v) is 5.31. The molecule has 18 heavy (non-hydrogen) atoms. The van der Waals surface area contributed by atoms with Crippen molar-refractivity contribution in [2.24, 2.45) is 0 Å². The maximum Gasteiger partial charge on any atom is 0.303 e. The van der Waals surface area contributed by atoms with Crippen LogP contribution in [0.3, 0.4) is 0 Å². The van der Waals surface area contributed by atoms with Gasteiger partial charge in [-0.3, -0.25) is 9.59 Å². The van der Waals surface area contributed by atoms with Crippen molar-refractivity contribution in [2.75, 3.05) is 27.7 Å². The van der Waals surface area contributed by atoms with Crippen molar-refractivity contribution in [3.05, 3.63) is 0 Å². The molecular formula is C11H21NO6. The summed E-state index contributed by atoms with van der Waals surface area (Å²) in [7, 11) is 5.68. The molecule has 106 valence electrons. The second-order valence-electron chi connectivity index (χ2n) is 4.80. The number of ether oxygens (including phenoxy) is 1. The number of rotatable bonds is 5. The predicted molar refractivity (Wildman–Crippen MR) is 61.4 cm³/mol. The van der Waals surface area contributed by atoms with Crippen molar-refractivity contribution in [3.8, 4) is 0 Å². The Labute approximate surface area is 107 Å². The number of hydrogen-bond donors (Lipinski definition) is 1. The van der Waals surface area contributed by atoms with E-state index in [9.17, 15) is 14.7 Å². The fourth-order valence-corrected chi connectivity index (χ4v) is 1.17. The molecule has 0 fully saturated rings. The minimum absolute atomic E-state index is 0.255. The number of quaternary nitrogens is 1. The monoisotopic (exact) mass is 263 g/mol. The summed E-state index contributed by atoms with van der Waals surface area (Å²) in [4.78, 5) is 30.0. The Kier molecular flexibility index (Phi) is 8.80. The summed E-state index contributed by atoms with van der Waals surface area (Å²) in [6.45, 7) is 2.80. The van der Waals surface area contributed by atoms with Gasteiger partial charge in [-0.1, -0.05) is 0 Å². The molecule has 1 N–H and O–H groups in total. The Balaban J connectivity index is 0. The fourth-order valence-electron chi connectivity index (χ4n) is 1.17. The quantitative estimate of drug-likeness (QED) is 0.496. The summed E-state index contributed by atoms with van der Waals surface area (Å²) < 4.78 is 5.39. The lowest BCUT2D eigenvalue weighted by Gasteiger charge is -2.28. The lowest BCUT2D eigenvalue weighted by Crippen LogP contribution is -2.45. The molecule has 0 radical (unpaired) electrons. The molecule has 7 heteroatoms. The van der Waals surface area contributed by atoms with E-state index in [1.54, 1.807) is 0 Å². The van der Waals surface area contributed by atoms with Crippen LogP contribution < -0.4 is 5.11 Å². The summed E-state index contributed by atoms with van der Waals surface area (Å²) in [6, 6.07) is 0. The third-order valence-electron chi connectivity index (χ3n) is 1.48. The van der Waals surface area contributed by atoms with Gasteiger partial charge < -0.3 is 24.2 Å². The van der Waals surface area contributed by atoms with Gasteiger partial charge in [0.1, 0.15) is 6.54 Å². The summed E-state index contributed by atoms with van der Waals surface area (Å²) >= 11 is 0. The number of nitrogens with zero attached hydrogens (tertiary/aromatic N) is 1. The van der Waals surface area contributed by atoms with Crippen LogP contribution in [0, 0.1) is 0 Å². The normalized spacial score (nSPS) is 11.8. The highest BCUT2D eigenvalue weighted by Gasteiger charge is 2.20. The van der Waals surface area contributed by atoms with Crippen LogP contribution in [0.5, 0.6) is 0 Å². The molecule has 0 aromatic carbocycles. The molecule has 7 nitrogen and oxygen atoms in total. The lowest BCUT2D eigenvalue weighted by molar-refractivity contribution is -0.873. The minimum atomic E-state index is -1.20. The third-order valence-corrected chi connectivity index (χ3v) is 1.48. The number of esters is 1. The van der Waals surface area contributed by atoms with Gasteiger partial charge in [0.05, 0.1) is 21.1 Å². The molecule has 0 aliphatic rings. The zero-order chi connectivity index (χ0) is 14.9. The number of likely N-dealkylation sites (N-methyl/N-ethyl adjacent to an activating group) is 1. The Morgan fingerprint density at radius 2 is 1.61 bits per heavy atom. The second-order valence-corrected chi connectivity index (χ2v) is 4.80. The molecule has 0 heterocycles. The first-order chi connectivity index (χ1) is 7.94. The van der Waals surface area contributed by atoms with E-state index < -0.39 is 24.0 Å². The molecule has 0 amide bonds. The zero-order valence-electron chi connectivity index (χ0n) is 11.4. The van der Waals surface area contributed by atoms with E-state index in [2.05, 4.69) is 0 Å².